The molecule has 0 aliphatic carbocycles. The fourth-order valence-corrected chi connectivity index (χ4v) is 1.72. The van der Waals surface area contributed by atoms with Gasteiger partial charge in [-0.25, -0.2) is 13.6 Å². The van der Waals surface area contributed by atoms with Crippen LogP contribution in [0.25, 0.3) is 0 Å². The van der Waals surface area contributed by atoms with Gasteiger partial charge >= 0.3 is 11.8 Å². The zero-order valence-corrected chi connectivity index (χ0v) is 9.51. The minimum Gasteiger partial charge on any atom is -0.478 e. The smallest absolute Gasteiger partial charge is 0.373 e. The van der Waals surface area contributed by atoms with Crippen LogP contribution in [0.2, 0.25) is 0 Å². The maximum atomic E-state index is 12.6. The Morgan fingerprint density at radius 3 is 2.56 bits per heavy atom. The SMILES string of the molecule is O=C(O)c1c(I)cnc([N+](=O)[O-])c1C(F)F. The number of hydrogen-bond acceptors (Lipinski definition) is 4. The van der Waals surface area contributed by atoms with E-state index in [0.717, 1.165) is 6.20 Å². The van der Waals surface area contributed by atoms with E-state index in [1.54, 1.807) is 0 Å². The maximum Gasteiger partial charge on any atom is 0.373 e. The predicted molar refractivity (Wildman–Crippen MR) is 55.5 cm³/mol. The monoisotopic (exact) mass is 344 g/mol. The summed E-state index contributed by atoms with van der Waals surface area (Å²) in [5.74, 6) is -2.78. The zero-order chi connectivity index (χ0) is 12.5. The van der Waals surface area contributed by atoms with Crippen molar-refractivity contribution < 1.29 is 23.6 Å². The molecule has 1 aromatic heterocycles. The van der Waals surface area contributed by atoms with Gasteiger partial charge in [-0.1, -0.05) is 0 Å². The molecule has 0 saturated carbocycles. The second-order valence-electron chi connectivity index (χ2n) is 2.58. The van der Waals surface area contributed by atoms with E-state index in [1.165, 1.54) is 22.6 Å². The molecule has 1 N–H and O–H groups in total. The van der Waals surface area contributed by atoms with Crippen LogP contribution in [0.4, 0.5) is 14.6 Å². The number of pyridine rings is 1. The summed E-state index contributed by atoms with van der Waals surface area (Å²) in [6.45, 7) is 0. The summed E-state index contributed by atoms with van der Waals surface area (Å²) in [5, 5.41) is 19.1. The van der Waals surface area contributed by atoms with Gasteiger partial charge < -0.3 is 15.2 Å². The average Bonchev–Trinajstić information content (AvgIpc) is 2.15. The molecule has 9 heteroatoms. The molecular weight excluding hydrogens is 341 g/mol. The number of alkyl halides is 2. The van der Waals surface area contributed by atoms with Gasteiger partial charge in [0.15, 0.2) is 6.20 Å². The van der Waals surface area contributed by atoms with Crippen molar-refractivity contribution in [1.29, 1.82) is 0 Å². The minimum absolute atomic E-state index is 0.0778. The van der Waals surface area contributed by atoms with E-state index in [-0.39, 0.29) is 3.57 Å². The Morgan fingerprint density at radius 2 is 2.19 bits per heavy atom. The molecule has 0 atom stereocenters. The molecule has 1 aromatic rings. The highest BCUT2D eigenvalue weighted by Crippen LogP contribution is 2.32. The zero-order valence-electron chi connectivity index (χ0n) is 7.35. The molecule has 1 heterocycles. The largest absolute Gasteiger partial charge is 0.478 e. The highest BCUT2D eigenvalue weighted by molar-refractivity contribution is 14.1. The van der Waals surface area contributed by atoms with E-state index in [2.05, 4.69) is 4.98 Å². The summed E-state index contributed by atoms with van der Waals surface area (Å²) in [4.78, 5) is 23.2. The van der Waals surface area contributed by atoms with Crippen LogP contribution in [0, 0.1) is 13.7 Å². The molecule has 0 aliphatic heterocycles. The van der Waals surface area contributed by atoms with E-state index in [9.17, 15) is 23.7 Å². The number of carboxylic acid groups (broad SMARTS) is 1. The number of halogens is 3. The molecule has 0 saturated heterocycles. The molecule has 1 rings (SSSR count). The van der Waals surface area contributed by atoms with Crippen LogP contribution >= 0.6 is 22.6 Å². The number of rotatable bonds is 3. The molecule has 0 unspecified atom stereocenters. The molecule has 0 bridgehead atoms. The predicted octanol–water partition coefficient (Wildman–Crippen LogP) is 2.23. The fraction of sp³-hybridized carbons (Fsp3) is 0.143. The molecule has 0 amide bonds. The summed E-state index contributed by atoms with van der Waals surface area (Å²) in [6.07, 6.45) is -2.40. The molecule has 0 spiro atoms. The van der Waals surface area contributed by atoms with Crippen LogP contribution in [0.1, 0.15) is 22.3 Å². The lowest BCUT2D eigenvalue weighted by Gasteiger charge is -2.06. The summed E-state index contributed by atoms with van der Waals surface area (Å²) < 4.78 is 25.1. The summed E-state index contributed by atoms with van der Waals surface area (Å²) in [6, 6.07) is 0. The second kappa shape index (κ2) is 4.63. The van der Waals surface area contributed by atoms with Gasteiger partial charge in [0.2, 0.25) is 0 Å². The molecule has 0 fully saturated rings. The molecule has 6 nitrogen and oxygen atoms in total. The van der Waals surface area contributed by atoms with Crippen molar-refractivity contribution in [3.63, 3.8) is 0 Å². The van der Waals surface area contributed by atoms with E-state index >= 15 is 0 Å². The molecule has 0 aliphatic rings. The molecule has 16 heavy (non-hydrogen) atoms. The normalized spacial score (nSPS) is 10.5. The van der Waals surface area contributed by atoms with E-state index in [1.807, 2.05) is 0 Å². The van der Waals surface area contributed by atoms with Crippen molar-refractivity contribution in [3.05, 3.63) is 31.0 Å². The van der Waals surface area contributed by atoms with Gasteiger partial charge in [0.1, 0.15) is 5.56 Å². The van der Waals surface area contributed by atoms with Crippen molar-refractivity contribution in [2.45, 2.75) is 6.43 Å². The van der Waals surface area contributed by atoms with E-state index in [4.69, 9.17) is 5.11 Å². The van der Waals surface area contributed by atoms with Crippen LogP contribution in [0.3, 0.4) is 0 Å². The number of carboxylic acids is 1. The molecule has 0 aromatic carbocycles. The van der Waals surface area contributed by atoms with Gasteiger partial charge in [0.25, 0.3) is 6.43 Å². The van der Waals surface area contributed by atoms with Crippen molar-refractivity contribution in [3.8, 4) is 0 Å². The van der Waals surface area contributed by atoms with E-state index < -0.39 is 34.3 Å². The van der Waals surface area contributed by atoms with Crippen LogP contribution < -0.4 is 0 Å². The Kier molecular flexibility index (Phi) is 3.67. The van der Waals surface area contributed by atoms with Crippen molar-refractivity contribution in [1.82, 2.24) is 4.98 Å². The van der Waals surface area contributed by atoms with Gasteiger partial charge in [-0.3, -0.25) is 0 Å². The van der Waals surface area contributed by atoms with Gasteiger partial charge in [-0.15, -0.1) is 0 Å². The third-order valence-corrected chi connectivity index (χ3v) is 2.47. The first-order valence-corrected chi connectivity index (χ1v) is 4.78. The van der Waals surface area contributed by atoms with Crippen LogP contribution in [-0.4, -0.2) is 21.0 Å². The molecular formula is C7H3F2IN2O4. The number of aromatic carboxylic acids is 1. The highest BCUT2D eigenvalue weighted by Gasteiger charge is 2.32. The fourth-order valence-electron chi connectivity index (χ4n) is 1.06. The van der Waals surface area contributed by atoms with Crippen molar-refractivity contribution >= 4 is 34.4 Å². The topological polar surface area (TPSA) is 93.3 Å². The van der Waals surface area contributed by atoms with Crippen LogP contribution in [0.5, 0.6) is 0 Å². The number of hydrogen-bond donors (Lipinski definition) is 1. The van der Waals surface area contributed by atoms with Crippen molar-refractivity contribution in [2.24, 2.45) is 0 Å². The van der Waals surface area contributed by atoms with Crippen LogP contribution in [-0.2, 0) is 0 Å². The van der Waals surface area contributed by atoms with E-state index in [0.29, 0.717) is 0 Å². The first-order chi connectivity index (χ1) is 7.36. The Morgan fingerprint density at radius 1 is 1.62 bits per heavy atom. The third-order valence-electron chi connectivity index (χ3n) is 1.65. The average molecular weight is 344 g/mol. The lowest BCUT2D eigenvalue weighted by atomic mass is 10.1. The molecule has 86 valence electrons. The Hall–Kier alpha value is -1.39. The van der Waals surface area contributed by atoms with Crippen LogP contribution in [0.15, 0.2) is 6.20 Å². The minimum atomic E-state index is -3.27. The van der Waals surface area contributed by atoms with Gasteiger partial charge in [0.05, 0.1) is 9.13 Å². The lowest BCUT2D eigenvalue weighted by Crippen LogP contribution is -2.10. The lowest BCUT2D eigenvalue weighted by molar-refractivity contribution is -0.391. The highest BCUT2D eigenvalue weighted by atomic mass is 127. The molecule has 0 radical (unpaired) electrons. The summed E-state index contributed by atoms with van der Waals surface area (Å²) in [5.41, 5.74) is -1.94. The first-order valence-electron chi connectivity index (χ1n) is 3.70. The number of aromatic nitrogens is 1. The second-order valence-corrected chi connectivity index (χ2v) is 3.74. The first kappa shape index (κ1) is 12.7. The summed E-state index contributed by atoms with van der Waals surface area (Å²) >= 11 is 1.48. The third kappa shape index (κ3) is 2.23. The van der Waals surface area contributed by atoms with Gasteiger partial charge in [-0.05, 0) is 32.5 Å². The summed E-state index contributed by atoms with van der Waals surface area (Å²) in [7, 11) is 0. The van der Waals surface area contributed by atoms with Crippen molar-refractivity contribution in [2.75, 3.05) is 0 Å². The Balaban J connectivity index is 3.63. The number of carbonyl (C=O) groups is 1. The van der Waals surface area contributed by atoms with Gasteiger partial charge in [-0.2, -0.15) is 0 Å². The number of nitro groups is 1. The number of nitrogens with zero attached hydrogens (tertiary/aromatic N) is 2. The maximum absolute atomic E-state index is 12.6. The quantitative estimate of drug-likeness (QED) is 0.516. The standard InChI is InChI=1S/C7H3F2IN2O4/c8-5(9)4-3(7(13)14)2(10)1-11-6(4)12(15)16/h1,5H,(H,13,14). The van der Waals surface area contributed by atoms with Gasteiger partial charge in [0, 0.05) is 0 Å². The Bertz CT molecular complexity index is 466. The Labute approximate surface area is 101 Å².